The molecule has 1 aliphatic carbocycles. The summed E-state index contributed by atoms with van der Waals surface area (Å²) < 4.78 is 5.40. The summed E-state index contributed by atoms with van der Waals surface area (Å²) in [5.74, 6) is 0.168. The summed E-state index contributed by atoms with van der Waals surface area (Å²) in [6.45, 7) is 7.60. The molecule has 1 fully saturated rings. The lowest BCUT2D eigenvalue weighted by Gasteiger charge is -2.19. The predicted octanol–water partition coefficient (Wildman–Crippen LogP) is 3.48. The molecule has 0 amide bonds. The number of ketones is 1. The Kier molecular flexibility index (Phi) is 3.98. The van der Waals surface area contributed by atoms with E-state index in [1.807, 2.05) is 58.0 Å². The van der Waals surface area contributed by atoms with Crippen LogP contribution < -0.4 is 0 Å². The quantitative estimate of drug-likeness (QED) is 0.623. The molecule has 3 nitrogen and oxygen atoms in total. The highest BCUT2D eigenvalue weighted by Crippen LogP contribution is 2.49. The zero-order chi connectivity index (χ0) is 14.9. The van der Waals surface area contributed by atoms with E-state index in [2.05, 4.69) is 0 Å². The van der Waals surface area contributed by atoms with Gasteiger partial charge in [-0.2, -0.15) is 0 Å². The van der Waals surface area contributed by atoms with Crippen molar-refractivity contribution >= 4 is 11.8 Å². The Hall–Kier alpha value is -1.64. The maximum absolute atomic E-state index is 12.1. The van der Waals surface area contributed by atoms with Crippen LogP contribution in [-0.4, -0.2) is 17.4 Å². The average molecular weight is 274 g/mol. The fourth-order valence-corrected chi connectivity index (χ4v) is 2.57. The van der Waals surface area contributed by atoms with Gasteiger partial charge in [0.2, 0.25) is 0 Å². The Bertz CT molecular complexity index is 499. The molecule has 3 atom stereocenters. The number of benzene rings is 1. The van der Waals surface area contributed by atoms with Crippen molar-refractivity contribution in [3.8, 4) is 0 Å². The third-order valence-electron chi connectivity index (χ3n) is 3.76. The van der Waals surface area contributed by atoms with Gasteiger partial charge in [0, 0.05) is 12.0 Å². The van der Waals surface area contributed by atoms with Crippen LogP contribution in [0.3, 0.4) is 0 Å². The van der Waals surface area contributed by atoms with E-state index >= 15 is 0 Å². The van der Waals surface area contributed by atoms with E-state index in [9.17, 15) is 9.59 Å². The lowest BCUT2D eigenvalue weighted by molar-refractivity contribution is -0.157. The zero-order valence-electron chi connectivity index (χ0n) is 12.6. The number of hydrogen-bond donors (Lipinski definition) is 0. The zero-order valence-corrected chi connectivity index (χ0v) is 12.6. The molecule has 2 rings (SSSR count). The van der Waals surface area contributed by atoms with E-state index in [1.54, 1.807) is 0 Å². The lowest BCUT2D eigenvalue weighted by atomic mass is 10.0. The Morgan fingerprint density at radius 1 is 1.15 bits per heavy atom. The van der Waals surface area contributed by atoms with E-state index in [0.717, 1.165) is 5.56 Å². The molecular formula is C17H22O3. The van der Waals surface area contributed by atoms with Gasteiger partial charge in [0.25, 0.3) is 0 Å². The van der Waals surface area contributed by atoms with Crippen molar-refractivity contribution in [2.45, 2.75) is 39.7 Å². The van der Waals surface area contributed by atoms with Crippen LogP contribution in [0.15, 0.2) is 30.3 Å². The summed E-state index contributed by atoms with van der Waals surface area (Å²) in [6.07, 6.45) is 0.426. The molecule has 1 aromatic rings. The smallest absolute Gasteiger partial charge is 0.310 e. The monoisotopic (exact) mass is 274 g/mol. The highest BCUT2D eigenvalue weighted by Gasteiger charge is 2.53. The van der Waals surface area contributed by atoms with Crippen LogP contribution in [0.2, 0.25) is 0 Å². The van der Waals surface area contributed by atoms with E-state index in [0.29, 0.717) is 6.42 Å². The topological polar surface area (TPSA) is 43.4 Å². The molecule has 0 radical (unpaired) electrons. The highest BCUT2D eigenvalue weighted by molar-refractivity contribution is 5.97. The minimum Gasteiger partial charge on any atom is -0.460 e. The second-order valence-corrected chi connectivity index (χ2v) is 6.58. The maximum Gasteiger partial charge on any atom is 0.310 e. The molecule has 1 aliphatic rings. The molecule has 0 aliphatic heterocycles. The van der Waals surface area contributed by atoms with Crippen LogP contribution >= 0.6 is 0 Å². The third-order valence-corrected chi connectivity index (χ3v) is 3.76. The third kappa shape index (κ3) is 3.47. The number of ether oxygens (including phenoxy) is 1. The number of rotatable bonds is 4. The summed E-state index contributed by atoms with van der Waals surface area (Å²) in [4.78, 5) is 24.2. The van der Waals surface area contributed by atoms with Crippen molar-refractivity contribution in [2.75, 3.05) is 0 Å². The summed E-state index contributed by atoms with van der Waals surface area (Å²) in [6, 6.07) is 9.24. The molecule has 0 heterocycles. The average Bonchev–Trinajstić information content (AvgIpc) is 2.98. The van der Waals surface area contributed by atoms with Crippen LogP contribution in [0.5, 0.6) is 0 Å². The highest BCUT2D eigenvalue weighted by atomic mass is 16.6. The van der Waals surface area contributed by atoms with Gasteiger partial charge in [-0.15, -0.1) is 0 Å². The first kappa shape index (κ1) is 14.8. The van der Waals surface area contributed by atoms with Crippen LogP contribution in [-0.2, 0) is 9.53 Å². The SMILES string of the molecule is C[C@H]1[C@H](CC(=O)c2ccccc2)[C@H]1C(=O)OC(C)(C)C. The van der Waals surface area contributed by atoms with Crippen molar-refractivity contribution in [3.63, 3.8) is 0 Å². The molecule has 3 heteroatoms. The van der Waals surface area contributed by atoms with Crippen molar-refractivity contribution in [1.82, 2.24) is 0 Å². The van der Waals surface area contributed by atoms with Crippen LogP contribution in [0.4, 0.5) is 0 Å². The van der Waals surface area contributed by atoms with Gasteiger partial charge in [0.15, 0.2) is 5.78 Å². The van der Waals surface area contributed by atoms with Gasteiger partial charge in [-0.3, -0.25) is 9.59 Å². The second-order valence-electron chi connectivity index (χ2n) is 6.58. The minimum absolute atomic E-state index is 0.105. The fourth-order valence-electron chi connectivity index (χ4n) is 2.57. The Labute approximate surface area is 120 Å². The molecule has 1 saturated carbocycles. The molecule has 20 heavy (non-hydrogen) atoms. The van der Waals surface area contributed by atoms with E-state index in [4.69, 9.17) is 4.74 Å². The number of Topliss-reactive ketones (excluding diaryl/α,β-unsaturated/α-hetero) is 1. The first-order chi connectivity index (χ1) is 9.29. The van der Waals surface area contributed by atoms with Gasteiger partial charge in [0.1, 0.15) is 5.60 Å². The number of carbonyl (C=O) groups is 2. The molecule has 0 aromatic heterocycles. The minimum atomic E-state index is -0.465. The summed E-state index contributed by atoms with van der Waals surface area (Å²) in [5, 5.41) is 0. The van der Waals surface area contributed by atoms with E-state index < -0.39 is 5.60 Å². The Morgan fingerprint density at radius 2 is 1.75 bits per heavy atom. The molecule has 0 saturated heterocycles. The largest absolute Gasteiger partial charge is 0.460 e. The first-order valence-electron chi connectivity index (χ1n) is 7.11. The number of carbonyl (C=O) groups excluding carboxylic acids is 2. The lowest BCUT2D eigenvalue weighted by Crippen LogP contribution is -2.25. The van der Waals surface area contributed by atoms with Crippen LogP contribution in [0, 0.1) is 17.8 Å². The van der Waals surface area contributed by atoms with Gasteiger partial charge >= 0.3 is 5.97 Å². The molecular weight excluding hydrogens is 252 g/mol. The van der Waals surface area contributed by atoms with Crippen LogP contribution in [0.25, 0.3) is 0 Å². The molecule has 0 bridgehead atoms. The summed E-state index contributed by atoms with van der Waals surface area (Å²) in [7, 11) is 0. The van der Waals surface area contributed by atoms with Gasteiger partial charge < -0.3 is 4.74 Å². The number of esters is 1. The van der Waals surface area contributed by atoms with Gasteiger partial charge in [-0.25, -0.2) is 0 Å². The van der Waals surface area contributed by atoms with Gasteiger partial charge in [-0.1, -0.05) is 37.3 Å². The second kappa shape index (κ2) is 5.39. The van der Waals surface area contributed by atoms with E-state index in [-0.39, 0.29) is 29.5 Å². The van der Waals surface area contributed by atoms with Crippen LogP contribution in [0.1, 0.15) is 44.5 Å². The molecule has 108 valence electrons. The summed E-state index contributed by atoms with van der Waals surface area (Å²) >= 11 is 0. The summed E-state index contributed by atoms with van der Waals surface area (Å²) in [5.41, 5.74) is 0.252. The Balaban J connectivity index is 1.93. The fraction of sp³-hybridized carbons (Fsp3) is 0.529. The standard InChI is InChI=1S/C17H22O3/c1-11-13(15(11)16(19)20-17(2,3)4)10-14(18)12-8-6-5-7-9-12/h5-9,11,13,15H,10H2,1-4H3/t11-,13-,15-/m0/s1. The van der Waals surface area contributed by atoms with Gasteiger partial charge in [-0.05, 0) is 32.6 Å². The predicted molar refractivity (Wildman–Crippen MR) is 77.4 cm³/mol. The van der Waals surface area contributed by atoms with Gasteiger partial charge in [0.05, 0.1) is 5.92 Å². The maximum atomic E-state index is 12.1. The van der Waals surface area contributed by atoms with Crippen molar-refractivity contribution in [1.29, 1.82) is 0 Å². The molecule has 1 aromatic carbocycles. The molecule has 0 N–H and O–H groups in total. The Morgan fingerprint density at radius 3 is 2.30 bits per heavy atom. The normalized spacial score (nSPS) is 25.1. The van der Waals surface area contributed by atoms with Crippen molar-refractivity contribution < 1.29 is 14.3 Å². The first-order valence-corrected chi connectivity index (χ1v) is 7.11. The molecule has 0 spiro atoms. The van der Waals surface area contributed by atoms with Crippen molar-refractivity contribution in [3.05, 3.63) is 35.9 Å². The molecule has 0 unspecified atom stereocenters. The van der Waals surface area contributed by atoms with Crippen molar-refractivity contribution in [2.24, 2.45) is 17.8 Å². The number of hydrogen-bond acceptors (Lipinski definition) is 3. The van der Waals surface area contributed by atoms with E-state index in [1.165, 1.54) is 0 Å².